The number of nitrogens with zero attached hydrogens (tertiary/aromatic N) is 2. The van der Waals surface area contributed by atoms with Crippen LogP contribution in [0.4, 0.5) is 5.69 Å². The van der Waals surface area contributed by atoms with Crippen molar-refractivity contribution in [3.8, 4) is 0 Å². The molecule has 0 radical (unpaired) electrons. The number of amides is 2. The van der Waals surface area contributed by atoms with Gasteiger partial charge in [0.1, 0.15) is 12.6 Å². The third-order valence-corrected chi connectivity index (χ3v) is 7.95. The van der Waals surface area contributed by atoms with Gasteiger partial charge in [0.2, 0.25) is 11.8 Å². The smallest absolute Gasteiger partial charge is 0.264 e. The molecule has 2 amide bonds. The molecule has 0 saturated heterocycles. The number of para-hydroxylation sites is 1. The van der Waals surface area contributed by atoms with E-state index in [0.717, 1.165) is 21.9 Å². The van der Waals surface area contributed by atoms with E-state index in [1.807, 2.05) is 13.8 Å². The van der Waals surface area contributed by atoms with E-state index >= 15 is 0 Å². The highest BCUT2D eigenvalue weighted by molar-refractivity contribution is 7.92. The molecule has 0 fully saturated rings. The fourth-order valence-electron chi connectivity index (χ4n) is 3.73. The molecule has 7 nitrogen and oxygen atoms in total. The van der Waals surface area contributed by atoms with E-state index in [1.54, 1.807) is 73.7 Å². The first-order chi connectivity index (χ1) is 17.6. The lowest BCUT2D eigenvalue weighted by molar-refractivity contribution is -0.139. The minimum absolute atomic E-state index is 0.0766. The molecular formula is C28H32ClN3O4S. The minimum Gasteiger partial charge on any atom is -0.354 e. The second-order valence-corrected chi connectivity index (χ2v) is 11.1. The summed E-state index contributed by atoms with van der Waals surface area (Å²) in [4.78, 5) is 28.1. The molecule has 9 heteroatoms. The number of sulfonamides is 1. The summed E-state index contributed by atoms with van der Waals surface area (Å²) in [6.45, 7) is 5.57. The Kier molecular flexibility index (Phi) is 9.72. The van der Waals surface area contributed by atoms with Gasteiger partial charge in [-0.1, -0.05) is 66.6 Å². The summed E-state index contributed by atoms with van der Waals surface area (Å²) in [5.41, 5.74) is 2.04. The zero-order valence-electron chi connectivity index (χ0n) is 21.2. The highest BCUT2D eigenvalue weighted by atomic mass is 35.5. The largest absolute Gasteiger partial charge is 0.354 e. The number of hydrogen-bond donors (Lipinski definition) is 1. The number of benzene rings is 3. The van der Waals surface area contributed by atoms with Crippen molar-refractivity contribution in [1.82, 2.24) is 10.2 Å². The Hall–Kier alpha value is -3.36. The summed E-state index contributed by atoms with van der Waals surface area (Å²) in [6, 6.07) is 21.1. The molecule has 3 aromatic rings. The van der Waals surface area contributed by atoms with Gasteiger partial charge in [0.05, 0.1) is 10.6 Å². The van der Waals surface area contributed by atoms with E-state index < -0.39 is 28.5 Å². The maximum Gasteiger partial charge on any atom is 0.264 e. The minimum atomic E-state index is -4.07. The molecule has 0 spiro atoms. The van der Waals surface area contributed by atoms with E-state index in [2.05, 4.69) is 5.32 Å². The quantitative estimate of drug-likeness (QED) is 0.378. The summed E-state index contributed by atoms with van der Waals surface area (Å²) < 4.78 is 28.5. The topological polar surface area (TPSA) is 86.8 Å². The van der Waals surface area contributed by atoms with E-state index in [9.17, 15) is 18.0 Å². The Morgan fingerprint density at radius 1 is 0.946 bits per heavy atom. The molecule has 0 aromatic heterocycles. The predicted molar refractivity (Wildman–Crippen MR) is 147 cm³/mol. The number of carbonyl (C=O) groups is 2. The molecule has 0 saturated carbocycles. The van der Waals surface area contributed by atoms with Crippen molar-refractivity contribution in [3.63, 3.8) is 0 Å². The van der Waals surface area contributed by atoms with Gasteiger partial charge in [-0.3, -0.25) is 13.9 Å². The van der Waals surface area contributed by atoms with Crippen LogP contribution in [0.25, 0.3) is 0 Å². The van der Waals surface area contributed by atoms with Gasteiger partial charge in [-0.2, -0.15) is 0 Å². The van der Waals surface area contributed by atoms with Crippen molar-refractivity contribution in [2.24, 2.45) is 0 Å². The summed E-state index contributed by atoms with van der Waals surface area (Å²) >= 11 is 6.02. The standard InChI is InChI=1S/C28H32ClN3O4S/c1-4-18-30-28(34)22(3)31(19-23-12-14-24(29)15-13-23)27(33)20-32(25-8-6-5-7-9-25)37(35,36)26-16-10-21(2)11-17-26/h5-17,22H,4,18-20H2,1-3H3,(H,30,34)/t22-/m0/s1. The van der Waals surface area contributed by atoms with Gasteiger partial charge >= 0.3 is 0 Å². The van der Waals surface area contributed by atoms with Gasteiger partial charge in [-0.05, 0) is 62.2 Å². The van der Waals surface area contributed by atoms with Crippen LogP contribution in [0.1, 0.15) is 31.4 Å². The lowest BCUT2D eigenvalue weighted by atomic mass is 10.1. The van der Waals surface area contributed by atoms with Crippen LogP contribution >= 0.6 is 11.6 Å². The summed E-state index contributed by atoms with van der Waals surface area (Å²) in [7, 11) is -4.07. The highest BCUT2D eigenvalue weighted by Crippen LogP contribution is 2.25. The third kappa shape index (κ3) is 7.33. The highest BCUT2D eigenvalue weighted by Gasteiger charge is 2.32. The molecule has 3 aromatic carbocycles. The van der Waals surface area contributed by atoms with Crippen LogP contribution in [0, 0.1) is 6.92 Å². The van der Waals surface area contributed by atoms with Crippen LogP contribution < -0.4 is 9.62 Å². The number of hydrogen-bond acceptors (Lipinski definition) is 4. The third-order valence-electron chi connectivity index (χ3n) is 5.91. The van der Waals surface area contributed by atoms with Crippen molar-refractivity contribution >= 4 is 39.1 Å². The van der Waals surface area contributed by atoms with Gasteiger partial charge < -0.3 is 10.2 Å². The van der Waals surface area contributed by atoms with Crippen molar-refractivity contribution in [3.05, 3.63) is 95.0 Å². The number of halogens is 1. The molecule has 37 heavy (non-hydrogen) atoms. The van der Waals surface area contributed by atoms with E-state index in [4.69, 9.17) is 11.6 Å². The second kappa shape index (κ2) is 12.7. The first-order valence-electron chi connectivity index (χ1n) is 12.1. The zero-order valence-corrected chi connectivity index (χ0v) is 22.8. The van der Waals surface area contributed by atoms with Crippen LogP contribution in [0.3, 0.4) is 0 Å². The Bertz CT molecular complexity index is 1300. The molecule has 1 atom stereocenters. The SMILES string of the molecule is CCCNC(=O)[C@H](C)N(Cc1ccc(Cl)cc1)C(=O)CN(c1ccccc1)S(=O)(=O)c1ccc(C)cc1. The average Bonchev–Trinajstić information content (AvgIpc) is 2.90. The number of aryl methyl sites for hydroxylation is 1. The Balaban J connectivity index is 1.98. The van der Waals surface area contributed by atoms with Crippen LogP contribution in [0.15, 0.2) is 83.8 Å². The molecule has 0 aliphatic rings. The van der Waals surface area contributed by atoms with Crippen molar-refractivity contribution < 1.29 is 18.0 Å². The van der Waals surface area contributed by atoms with Crippen molar-refractivity contribution in [2.75, 3.05) is 17.4 Å². The molecule has 0 aliphatic heterocycles. The molecule has 3 rings (SSSR count). The van der Waals surface area contributed by atoms with Gasteiger partial charge in [-0.15, -0.1) is 0 Å². The number of nitrogens with one attached hydrogen (secondary N) is 1. The Morgan fingerprint density at radius 3 is 2.16 bits per heavy atom. The normalized spacial score (nSPS) is 12.0. The van der Waals surface area contributed by atoms with Gasteiger partial charge in [-0.25, -0.2) is 8.42 Å². The first kappa shape index (κ1) is 28.2. The predicted octanol–water partition coefficient (Wildman–Crippen LogP) is 4.79. The molecule has 0 heterocycles. The molecule has 0 bridgehead atoms. The second-order valence-electron chi connectivity index (χ2n) is 8.78. The van der Waals surface area contributed by atoms with Gasteiger partial charge in [0, 0.05) is 18.1 Å². The van der Waals surface area contributed by atoms with Crippen LogP contribution in [-0.2, 0) is 26.2 Å². The average molecular weight is 542 g/mol. The summed E-state index contributed by atoms with van der Waals surface area (Å²) in [5.74, 6) is -0.814. The fourth-order valence-corrected chi connectivity index (χ4v) is 5.27. The first-order valence-corrected chi connectivity index (χ1v) is 13.9. The van der Waals surface area contributed by atoms with Crippen molar-refractivity contribution in [1.29, 1.82) is 0 Å². The Morgan fingerprint density at radius 2 is 1.57 bits per heavy atom. The van der Waals surface area contributed by atoms with E-state index in [1.165, 1.54) is 17.0 Å². The molecule has 196 valence electrons. The van der Waals surface area contributed by atoms with Crippen LogP contribution in [-0.4, -0.2) is 44.3 Å². The van der Waals surface area contributed by atoms with Crippen molar-refractivity contribution in [2.45, 2.75) is 44.7 Å². The summed E-state index contributed by atoms with van der Waals surface area (Å²) in [6.07, 6.45) is 0.750. The molecule has 0 aliphatic carbocycles. The number of carbonyl (C=O) groups excluding carboxylic acids is 2. The van der Waals surface area contributed by atoms with Gasteiger partial charge in [0.25, 0.3) is 10.0 Å². The zero-order chi connectivity index (χ0) is 27.0. The number of anilines is 1. The van der Waals surface area contributed by atoms with E-state index in [0.29, 0.717) is 17.3 Å². The van der Waals surface area contributed by atoms with Crippen LogP contribution in [0.2, 0.25) is 5.02 Å². The number of rotatable bonds is 11. The fraction of sp³-hybridized carbons (Fsp3) is 0.286. The molecule has 1 N–H and O–H groups in total. The monoisotopic (exact) mass is 541 g/mol. The lowest BCUT2D eigenvalue weighted by Gasteiger charge is -2.32. The maximum absolute atomic E-state index is 13.8. The molecule has 0 unspecified atom stereocenters. The van der Waals surface area contributed by atoms with Crippen LogP contribution in [0.5, 0.6) is 0 Å². The van der Waals surface area contributed by atoms with Gasteiger partial charge in [0.15, 0.2) is 0 Å². The maximum atomic E-state index is 13.8. The lowest BCUT2D eigenvalue weighted by Crippen LogP contribution is -2.51. The Labute approximate surface area is 224 Å². The van der Waals surface area contributed by atoms with E-state index in [-0.39, 0.29) is 17.3 Å². The molecular weight excluding hydrogens is 510 g/mol. The summed E-state index contributed by atoms with van der Waals surface area (Å²) in [5, 5.41) is 3.37.